The molecule has 2 aromatic heterocycles. The maximum absolute atomic E-state index is 12.0. The molecule has 1 amide bonds. The molecule has 0 atom stereocenters. The molecule has 0 aromatic carbocycles. The number of pyridine rings is 1. The van der Waals surface area contributed by atoms with Crippen LogP contribution in [0.5, 0.6) is 0 Å². The molecule has 0 unspecified atom stereocenters. The van der Waals surface area contributed by atoms with Gasteiger partial charge in [0, 0.05) is 38.3 Å². The lowest BCUT2D eigenvalue weighted by Crippen LogP contribution is -2.48. The van der Waals surface area contributed by atoms with Crippen molar-refractivity contribution >= 4 is 23.2 Å². The number of carbonyl (C=O) groups is 1. The van der Waals surface area contributed by atoms with Crippen LogP contribution in [0.2, 0.25) is 0 Å². The lowest BCUT2D eigenvalue weighted by atomic mass is 10.3. The van der Waals surface area contributed by atoms with Gasteiger partial charge in [-0.05, 0) is 13.0 Å². The lowest BCUT2D eigenvalue weighted by Gasteiger charge is -2.34. The number of aromatic nitrogens is 2. The smallest absolute Gasteiger partial charge is 0.287 e. The zero-order valence-corrected chi connectivity index (χ0v) is 13.7. The second kappa shape index (κ2) is 7.26. The van der Waals surface area contributed by atoms with Crippen LogP contribution in [0, 0.1) is 17.0 Å². The monoisotopic (exact) mass is 346 g/mol. The van der Waals surface area contributed by atoms with Crippen LogP contribution in [-0.4, -0.2) is 58.6 Å². The van der Waals surface area contributed by atoms with Crippen molar-refractivity contribution in [3.05, 3.63) is 40.3 Å². The van der Waals surface area contributed by atoms with Crippen molar-refractivity contribution in [3.63, 3.8) is 0 Å². The van der Waals surface area contributed by atoms with Crippen LogP contribution >= 0.6 is 0 Å². The van der Waals surface area contributed by atoms with Gasteiger partial charge >= 0.3 is 0 Å². The molecule has 10 nitrogen and oxygen atoms in total. The van der Waals surface area contributed by atoms with Gasteiger partial charge < -0.3 is 14.7 Å². The highest BCUT2D eigenvalue weighted by molar-refractivity contribution is 5.91. The van der Waals surface area contributed by atoms with Gasteiger partial charge in [0.2, 0.25) is 5.91 Å². The molecule has 10 heteroatoms. The van der Waals surface area contributed by atoms with Crippen molar-refractivity contribution in [1.29, 1.82) is 0 Å². The molecule has 0 aliphatic carbocycles. The van der Waals surface area contributed by atoms with Crippen molar-refractivity contribution in [3.8, 4) is 0 Å². The number of nitrogens with one attached hydrogen (secondary N) is 1. The number of nitrogens with zero attached hydrogens (tertiary/aromatic N) is 5. The second-order valence-corrected chi connectivity index (χ2v) is 5.77. The van der Waals surface area contributed by atoms with Crippen LogP contribution in [-0.2, 0) is 4.79 Å². The highest BCUT2D eigenvalue weighted by Gasteiger charge is 2.20. The summed E-state index contributed by atoms with van der Waals surface area (Å²) >= 11 is 0. The Morgan fingerprint density at radius 3 is 2.68 bits per heavy atom. The highest BCUT2D eigenvalue weighted by Crippen LogP contribution is 2.17. The topological polar surface area (TPSA) is 118 Å². The highest BCUT2D eigenvalue weighted by atomic mass is 16.6. The molecule has 3 rings (SSSR count). The zero-order chi connectivity index (χ0) is 17.8. The minimum atomic E-state index is -0.469. The summed E-state index contributed by atoms with van der Waals surface area (Å²) in [4.78, 5) is 30.4. The van der Waals surface area contributed by atoms with E-state index in [0.29, 0.717) is 43.6 Å². The molecule has 1 fully saturated rings. The summed E-state index contributed by atoms with van der Waals surface area (Å²) in [6, 6.07) is 4.76. The Morgan fingerprint density at radius 2 is 2.12 bits per heavy atom. The first-order valence-corrected chi connectivity index (χ1v) is 7.82. The Bertz CT molecular complexity index is 752. The van der Waals surface area contributed by atoms with Gasteiger partial charge in [-0.2, -0.15) is 0 Å². The van der Waals surface area contributed by atoms with Crippen LogP contribution in [0.3, 0.4) is 0 Å². The van der Waals surface area contributed by atoms with Crippen molar-refractivity contribution in [2.75, 3.05) is 42.9 Å². The number of nitro groups is 1. The van der Waals surface area contributed by atoms with E-state index >= 15 is 0 Å². The fourth-order valence-corrected chi connectivity index (χ4v) is 2.62. The van der Waals surface area contributed by atoms with E-state index in [-0.39, 0.29) is 18.1 Å². The molecule has 1 N–H and O–H groups in total. The van der Waals surface area contributed by atoms with Gasteiger partial charge in [0.25, 0.3) is 5.69 Å². The molecule has 1 aliphatic heterocycles. The number of piperazine rings is 1. The minimum Gasteiger partial charge on any atom is -0.360 e. The average Bonchev–Trinajstić information content (AvgIpc) is 3.00. The van der Waals surface area contributed by atoms with E-state index in [1.165, 1.54) is 12.3 Å². The predicted octanol–water partition coefficient (Wildman–Crippen LogP) is 1.05. The third-order valence-corrected chi connectivity index (χ3v) is 3.90. The number of rotatable bonds is 5. The third kappa shape index (κ3) is 4.29. The quantitative estimate of drug-likeness (QED) is 0.630. The largest absolute Gasteiger partial charge is 0.360 e. The first-order chi connectivity index (χ1) is 12.0. The lowest BCUT2D eigenvalue weighted by molar-refractivity contribution is -0.385. The van der Waals surface area contributed by atoms with E-state index in [2.05, 4.69) is 15.5 Å². The van der Waals surface area contributed by atoms with Crippen LogP contribution in [0.4, 0.5) is 17.3 Å². The number of amides is 1. The zero-order valence-electron chi connectivity index (χ0n) is 13.7. The fraction of sp³-hybridized carbons (Fsp3) is 0.400. The summed E-state index contributed by atoms with van der Waals surface area (Å²) in [5.74, 6) is 1.61. The molecule has 0 bridgehead atoms. The second-order valence-electron chi connectivity index (χ2n) is 5.77. The molecule has 2 aromatic rings. The van der Waals surface area contributed by atoms with Crippen LogP contribution in [0.25, 0.3) is 0 Å². The van der Waals surface area contributed by atoms with E-state index < -0.39 is 4.92 Å². The van der Waals surface area contributed by atoms with Crippen molar-refractivity contribution < 1.29 is 14.2 Å². The SMILES string of the molecule is Cc1cc(NC(=O)CN2CCN(c3ccc([N+](=O)[O-])cn3)CC2)no1. The van der Waals surface area contributed by atoms with Gasteiger partial charge in [0.05, 0.1) is 11.5 Å². The number of carbonyl (C=O) groups excluding carboxylic acids is 1. The van der Waals surface area contributed by atoms with E-state index in [1.807, 2.05) is 9.80 Å². The van der Waals surface area contributed by atoms with Gasteiger partial charge in [-0.1, -0.05) is 5.16 Å². The van der Waals surface area contributed by atoms with E-state index in [9.17, 15) is 14.9 Å². The number of hydrogen-bond donors (Lipinski definition) is 1. The summed E-state index contributed by atoms with van der Waals surface area (Å²) < 4.78 is 4.91. The maximum atomic E-state index is 12.0. The van der Waals surface area contributed by atoms with Gasteiger partial charge in [-0.15, -0.1) is 0 Å². The number of anilines is 2. The summed E-state index contributed by atoms with van der Waals surface area (Å²) in [6.07, 6.45) is 1.26. The molecule has 132 valence electrons. The maximum Gasteiger partial charge on any atom is 0.287 e. The Kier molecular flexibility index (Phi) is 4.89. The molecule has 1 saturated heterocycles. The molecule has 25 heavy (non-hydrogen) atoms. The minimum absolute atomic E-state index is 0.0258. The summed E-state index contributed by atoms with van der Waals surface area (Å²) in [5, 5.41) is 17.1. The molecule has 0 saturated carbocycles. The molecule has 1 aliphatic rings. The summed E-state index contributed by atoms with van der Waals surface area (Å²) in [7, 11) is 0. The van der Waals surface area contributed by atoms with E-state index in [0.717, 1.165) is 0 Å². The fourth-order valence-electron chi connectivity index (χ4n) is 2.62. The summed E-state index contributed by atoms with van der Waals surface area (Å²) in [6.45, 7) is 4.82. The number of hydrogen-bond acceptors (Lipinski definition) is 8. The molecular formula is C15H18N6O4. The van der Waals surface area contributed by atoms with Crippen molar-refractivity contribution in [2.24, 2.45) is 0 Å². The Hall–Kier alpha value is -3.01. The summed E-state index contributed by atoms with van der Waals surface area (Å²) in [5.41, 5.74) is -0.0258. The van der Waals surface area contributed by atoms with Gasteiger partial charge in [0.15, 0.2) is 5.82 Å². The molecule has 0 spiro atoms. The Labute approximate surface area is 143 Å². The van der Waals surface area contributed by atoms with Crippen molar-refractivity contribution in [2.45, 2.75) is 6.92 Å². The third-order valence-electron chi connectivity index (χ3n) is 3.90. The van der Waals surface area contributed by atoms with Gasteiger partial charge in [-0.3, -0.25) is 19.8 Å². The number of aryl methyl sites for hydroxylation is 1. The predicted molar refractivity (Wildman–Crippen MR) is 89.4 cm³/mol. The Morgan fingerprint density at radius 1 is 1.36 bits per heavy atom. The van der Waals surface area contributed by atoms with E-state index in [4.69, 9.17) is 4.52 Å². The molecular weight excluding hydrogens is 328 g/mol. The normalized spacial score (nSPS) is 15.2. The molecule has 3 heterocycles. The molecule has 0 radical (unpaired) electrons. The van der Waals surface area contributed by atoms with Crippen LogP contribution in [0.1, 0.15) is 5.76 Å². The first-order valence-electron chi connectivity index (χ1n) is 7.82. The Balaban J connectivity index is 1.48. The van der Waals surface area contributed by atoms with Crippen molar-refractivity contribution in [1.82, 2.24) is 15.0 Å². The van der Waals surface area contributed by atoms with E-state index in [1.54, 1.807) is 19.1 Å². The van der Waals surface area contributed by atoms with Crippen LogP contribution in [0.15, 0.2) is 28.9 Å². The average molecular weight is 346 g/mol. The standard InChI is InChI=1S/C15H18N6O4/c1-11-8-13(18-25-11)17-15(22)10-19-4-6-20(7-5-19)14-3-2-12(9-16-14)21(23)24/h2-3,8-9H,4-7,10H2,1H3,(H,17,18,22). The first kappa shape index (κ1) is 16.8. The van der Waals surface area contributed by atoms with Gasteiger partial charge in [0.1, 0.15) is 17.8 Å². The van der Waals surface area contributed by atoms with Crippen LogP contribution < -0.4 is 10.2 Å². The van der Waals surface area contributed by atoms with Gasteiger partial charge in [-0.25, -0.2) is 4.98 Å².